The maximum absolute atomic E-state index is 13.7. The molecule has 0 amide bonds. The smallest absolute Gasteiger partial charge is 0.134 e. The second-order valence-corrected chi connectivity index (χ2v) is 5.95. The molecule has 0 aliphatic carbocycles. The third-order valence-corrected chi connectivity index (χ3v) is 3.90. The van der Waals surface area contributed by atoms with Gasteiger partial charge in [0, 0.05) is 31.8 Å². The Labute approximate surface area is 147 Å². The second-order valence-electron chi connectivity index (χ2n) is 5.95. The van der Waals surface area contributed by atoms with Crippen LogP contribution in [0.2, 0.25) is 0 Å². The molecule has 0 unspecified atom stereocenters. The molecule has 0 saturated heterocycles. The monoisotopic (exact) mass is 336 g/mol. The third kappa shape index (κ3) is 4.53. The van der Waals surface area contributed by atoms with Crippen molar-refractivity contribution in [1.82, 2.24) is 9.97 Å². The van der Waals surface area contributed by atoms with Gasteiger partial charge in [-0.1, -0.05) is 48.5 Å². The molecule has 25 heavy (non-hydrogen) atoms. The van der Waals surface area contributed by atoms with Crippen molar-refractivity contribution >= 4 is 11.6 Å². The molecule has 0 spiro atoms. The van der Waals surface area contributed by atoms with Crippen LogP contribution < -0.4 is 10.2 Å². The van der Waals surface area contributed by atoms with E-state index in [1.807, 2.05) is 44.3 Å². The Balaban J connectivity index is 1.72. The van der Waals surface area contributed by atoms with Crippen LogP contribution in [-0.2, 0) is 13.1 Å². The molecule has 0 saturated carbocycles. The van der Waals surface area contributed by atoms with Gasteiger partial charge >= 0.3 is 0 Å². The maximum Gasteiger partial charge on any atom is 0.134 e. The Morgan fingerprint density at radius 1 is 1.00 bits per heavy atom. The summed E-state index contributed by atoms with van der Waals surface area (Å²) in [5.74, 6) is 1.97. The molecule has 0 aliphatic heterocycles. The molecule has 1 aromatic heterocycles. The van der Waals surface area contributed by atoms with E-state index in [1.54, 1.807) is 12.1 Å². The molecular formula is C20H21FN4. The Morgan fingerprint density at radius 2 is 1.72 bits per heavy atom. The van der Waals surface area contributed by atoms with Crippen LogP contribution in [0.1, 0.15) is 17.0 Å². The van der Waals surface area contributed by atoms with Crippen molar-refractivity contribution in [1.29, 1.82) is 0 Å². The summed E-state index contributed by atoms with van der Waals surface area (Å²) in [6, 6.07) is 18.8. The second kappa shape index (κ2) is 7.75. The van der Waals surface area contributed by atoms with Gasteiger partial charge in [0.2, 0.25) is 0 Å². The van der Waals surface area contributed by atoms with Gasteiger partial charge in [-0.05, 0) is 18.6 Å². The summed E-state index contributed by atoms with van der Waals surface area (Å²) < 4.78 is 13.7. The van der Waals surface area contributed by atoms with Crippen molar-refractivity contribution in [2.75, 3.05) is 17.3 Å². The summed E-state index contributed by atoms with van der Waals surface area (Å²) in [5.41, 5.74) is 1.82. The average molecular weight is 336 g/mol. The van der Waals surface area contributed by atoms with Gasteiger partial charge in [-0.3, -0.25) is 0 Å². The molecule has 1 heterocycles. The highest BCUT2D eigenvalue weighted by Crippen LogP contribution is 2.18. The molecule has 4 nitrogen and oxygen atoms in total. The van der Waals surface area contributed by atoms with E-state index < -0.39 is 0 Å². The molecule has 0 atom stereocenters. The van der Waals surface area contributed by atoms with Crippen LogP contribution in [0.15, 0.2) is 60.7 Å². The summed E-state index contributed by atoms with van der Waals surface area (Å²) >= 11 is 0. The SMILES string of the molecule is Cc1nc(NCc2ccccc2F)cc(N(C)Cc2ccccc2)n1. The topological polar surface area (TPSA) is 41.1 Å². The first kappa shape index (κ1) is 16.9. The van der Waals surface area contributed by atoms with Gasteiger partial charge in [-0.15, -0.1) is 0 Å². The average Bonchev–Trinajstić information content (AvgIpc) is 2.61. The van der Waals surface area contributed by atoms with E-state index in [4.69, 9.17) is 0 Å². The molecule has 1 N–H and O–H groups in total. The van der Waals surface area contributed by atoms with Gasteiger partial charge in [-0.25, -0.2) is 14.4 Å². The lowest BCUT2D eigenvalue weighted by molar-refractivity contribution is 0.613. The Kier molecular flexibility index (Phi) is 5.23. The van der Waals surface area contributed by atoms with Gasteiger partial charge in [0.1, 0.15) is 23.3 Å². The van der Waals surface area contributed by atoms with Gasteiger partial charge < -0.3 is 10.2 Å². The maximum atomic E-state index is 13.7. The fourth-order valence-corrected chi connectivity index (χ4v) is 2.60. The summed E-state index contributed by atoms with van der Waals surface area (Å²) in [4.78, 5) is 11.0. The molecule has 0 radical (unpaired) electrons. The predicted octanol–water partition coefficient (Wildman–Crippen LogP) is 4.17. The lowest BCUT2D eigenvalue weighted by Crippen LogP contribution is -2.19. The minimum absolute atomic E-state index is 0.220. The summed E-state index contributed by atoms with van der Waals surface area (Å²) in [6.45, 7) is 2.99. The predicted molar refractivity (Wildman–Crippen MR) is 99.0 cm³/mol. The Bertz CT molecular complexity index is 836. The van der Waals surface area contributed by atoms with Crippen molar-refractivity contribution in [3.8, 4) is 0 Å². The molecule has 3 aromatic rings. The lowest BCUT2D eigenvalue weighted by Gasteiger charge is -2.19. The fraction of sp³-hybridized carbons (Fsp3) is 0.200. The van der Waals surface area contributed by atoms with E-state index in [-0.39, 0.29) is 5.82 Å². The number of rotatable bonds is 6. The van der Waals surface area contributed by atoms with Crippen LogP contribution >= 0.6 is 0 Å². The summed E-state index contributed by atoms with van der Waals surface area (Å²) in [5, 5.41) is 3.18. The van der Waals surface area contributed by atoms with Gasteiger partial charge in [0.25, 0.3) is 0 Å². The van der Waals surface area contributed by atoms with E-state index in [9.17, 15) is 4.39 Å². The highest BCUT2D eigenvalue weighted by atomic mass is 19.1. The number of halogens is 1. The van der Waals surface area contributed by atoms with Crippen molar-refractivity contribution in [2.24, 2.45) is 0 Å². The van der Waals surface area contributed by atoms with Gasteiger partial charge in [0.05, 0.1) is 0 Å². The van der Waals surface area contributed by atoms with Crippen molar-refractivity contribution in [3.63, 3.8) is 0 Å². The van der Waals surface area contributed by atoms with Crippen LogP contribution in [0.3, 0.4) is 0 Å². The van der Waals surface area contributed by atoms with Crippen LogP contribution in [-0.4, -0.2) is 17.0 Å². The zero-order chi connectivity index (χ0) is 17.6. The van der Waals surface area contributed by atoms with Crippen molar-refractivity contribution in [3.05, 3.63) is 83.4 Å². The van der Waals surface area contributed by atoms with Crippen LogP contribution in [0.25, 0.3) is 0 Å². The van der Waals surface area contributed by atoms with Crippen molar-refractivity contribution < 1.29 is 4.39 Å². The lowest BCUT2D eigenvalue weighted by atomic mass is 10.2. The highest BCUT2D eigenvalue weighted by Gasteiger charge is 2.08. The number of hydrogen-bond acceptors (Lipinski definition) is 4. The fourth-order valence-electron chi connectivity index (χ4n) is 2.60. The number of nitrogens with one attached hydrogen (secondary N) is 1. The van der Waals surface area contributed by atoms with Gasteiger partial charge in [0.15, 0.2) is 0 Å². The first-order chi connectivity index (χ1) is 12.1. The largest absolute Gasteiger partial charge is 0.366 e. The molecule has 3 rings (SSSR count). The molecule has 2 aromatic carbocycles. The molecule has 0 bridgehead atoms. The first-order valence-corrected chi connectivity index (χ1v) is 8.20. The number of hydrogen-bond donors (Lipinski definition) is 1. The van der Waals surface area contributed by atoms with E-state index in [1.165, 1.54) is 11.6 Å². The summed E-state index contributed by atoms with van der Waals surface area (Å²) in [7, 11) is 2.00. The molecule has 0 aliphatic rings. The van der Waals surface area contributed by atoms with Crippen LogP contribution in [0.4, 0.5) is 16.0 Å². The van der Waals surface area contributed by atoms with E-state index in [0.717, 1.165) is 12.4 Å². The molecule has 128 valence electrons. The summed E-state index contributed by atoms with van der Waals surface area (Å²) in [6.07, 6.45) is 0. The van der Waals surface area contributed by atoms with Crippen LogP contribution in [0, 0.1) is 12.7 Å². The number of aryl methyl sites for hydroxylation is 1. The Morgan fingerprint density at radius 3 is 2.48 bits per heavy atom. The minimum atomic E-state index is -0.220. The zero-order valence-electron chi connectivity index (χ0n) is 14.4. The quantitative estimate of drug-likeness (QED) is 0.733. The number of benzene rings is 2. The highest BCUT2D eigenvalue weighted by molar-refractivity contribution is 5.49. The minimum Gasteiger partial charge on any atom is -0.366 e. The molecule has 5 heteroatoms. The van der Waals surface area contributed by atoms with Crippen molar-refractivity contribution in [2.45, 2.75) is 20.0 Å². The third-order valence-electron chi connectivity index (χ3n) is 3.90. The standard InChI is InChI=1S/C20H21FN4/c1-15-23-19(22-13-17-10-6-7-11-18(17)21)12-20(24-15)25(2)14-16-8-4-3-5-9-16/h3-12H,13-14H2,1-2H3,(H,22,23,24). The van der Waals surface area contributed by atoms with Gasteiger partial charge in [-0.2, -0.15) is 0 Å². The number of nitrogens with zero attached hydrogens (tertiary/aromatic N) is 3. The van der Waals surface area contributed by atoms with E-state index in [2.05, 4.69) is 32.3 Å². The number of aromatic nitrogens is 2. The van der Waals surface area contributed by atoms with E-state index >= 15 is 0 Å². The van der Waals surface area contributed by atoms with E-state index in [0.29, 0.717) is 23.8 Å². The van der Waals surface area contributed by atoms with Crippen LogP contribution in [0.5, 0.6) is 0 Å². The molecular weight excluding hydrogens is 315 g/mol. The zero-order valence-corrected chi connectivity index (χ0v) is 14.4. The Hall–Kier alpha value is -2.95. The number of anilines is 2. The normalized spacial score (nSPS) is 10.5. The first-order valence-electron chi connectivity index (χ1n) is 8.20. The molecule has 0 fully saturated rings.